The van der Waals surface area contributed by atoms with Crippen molar-refractivity contribution >= 4 is 27.3 Å². The number of ether oxygens (including phenoxy) is 3. The number of aromatic nitrogens is 3. The predicted molar refractivity (Wildman–Crippen MR) is 133 cm³/mol. The maximum absolute atomic E-state index is 13.8. The largest absolute Gasteiger partial charge is 1.00 e. The molecule has 0 saturated carbocycles. The zero-order valence-electron chi connectivity index (χ0n) is 19.9. The molecule has 0 amide bonds. The van der Waals surface area contributed by atoms with E-state index in [0.717, 1.165) is 44.3 Å². The Kier molecular flexibility index (Phi) is 5.94. The molecule has 3 aromatic carbocycles. The Balaban J connectivity index is 0.00000267. The third kappa shape index (κ3) is 3.51. The van der Waals surface area contributed by atoms with E-state index in [0.29, 0.717) is 17.2 Å². The number of fused-ring (bicyclic) bond motifs is 5. The molecule has 0 fully saturated rings. The highest BCUT2D eigenvalue weighted by Gasteiger charge is 2.27. The Bertz CT molecular complexity index is 1700. The predicted octanol–water partition coefficient (Wildman–Crippen LogP) is 2.69. The highest BCUT2D eigenvalue weighted by Crippen LogP contribution is 2.43. The van der Waals surface area contributed by atoms with E-state index >= 15 is 0 Å². The van der Waals surface area contributed by atoms with Crippen LogP contribution in [0.5, 0.6) is 17.2 Å². The molecule has 1 N–H and O–H groups in total. The van der Waals surface area contributed by atoms with E-state index in [2.05, 4.69) is 27.6 Å². The highest BCUT2D eigenvalue weighted by atomic mass is 35.5. The second-order valence-electron chi connectivity index (χ2n) is 8.26. The second kappa shape index (κ2) is 9.09. The van der Waals surface area contributed by atoms with Crippen LogP contribution in [0, 0.1) is 5.82 Å². The van der Waals surface area contributed by atoms with Crippen molar-refractivity contribution in [1.29, 1.82) is 0 Å². The zero-order chi connectivity index (χ0) is 24.1. The first kappa shape index (κ1) is 23.5. The molecule has 0 unspecified atom stereocenters. The maximum atomic E-state index is 13.8. The Morgan fingerprint density at radius 2 is 1.53 bits per heavy atom. The Labute approximate surface area is 212 Å². The lowest BCUT2D eigenvalue weighted by atomic mass is 10.1. The first-order chi connectivity index (χ1) is 17.1. The van der Waals surface area contributed by atoms with E-state index in [1.165, 1.54) is 12.1 Å². The molecule has 0 saturated heterocycles. The van der Waals surface area contributed by atoms with Gasteiger partial charge in [-0.15, -0.1) is 0 Å². The fourth-order valence-electron chi connectivity index (χ4n) is 4.81. The molecular weight excluding hydrogens is 481 g/mol. The third-order valence-electron chi connectivity index (χ3n) is 6.39. The van der Waals surface area contributed by atoms with E-state index in [4.69, 9.17) is 14.2 Å². The van der Waals surface area contributed by atoms with Gasteiger partial charge in [0.25, 0.3) is 6.33 Å². The molecule has 6 nitrogen and oxygen atoms in total. The normalized spacial score (nSPS) is 11.1. The van der Waals surface area contributed by atoms with E-state index in [1.807, 2.05) is 41.4 Å². The van der Waals surface area contributed by atoms with Crippen LogP contribution >= 0.6 is 0 Å². The van der Waals surface area contributed by atoms with Crippen molar-refractivity contribution in [2.24, 2.45) is 0 Å². The van der Waals surface area contributed by atoms with Gasteiger partial charge in [-0.1, -0.05) is 18.2 Å². The summed E-state index contributed by atoms with van der Waals surface area (Å²) in [5.74, 6) is 1.34. The van der Waals surface area contributed by atoms with Gasteiger partial charge in [0.2, 0.25) is 11.3 Å². The number of hydrogen-bond donors (Lipinski definition) is 1. The number of imidazole rings is 1. The number of hydrogen-bond acceptors (Lipinski definition) is 3. The van der Waals surface area contributed by atoms with E-state index in [9.17, 15) is 4.39 Å². The van der Waals surface area contributed by atoms with Gasteiger partial charge in [-0.2, -0.15) is 8.97 Å². The minimum Gasteiger partial charge on any atom is -1.00 e. The number of nitrogens with one attached hydrogen (secondary N) is 1. The summed E-state index contributed by atoms with van der Waals surface area (Å²) in [7, 11) is 4.78. The van der Waals surface area contributed by atoms with Crippen LogP contribution in [0.2, 0.25) is 0 Å². The van der Waals surface area contributed by atoms with Crippen LogP contribution in [0.15, 0.2) is 79.3 Å². The van der Waals surface area contributed by atoms with Gasteiger partial charge in [0.05, 0.1) is 33.0 Å². The summed E-state index contributed by atoms with van der Waals surface area (Å²) in [5.41, 5.74) is 5.60. The maximum Gasteiger partial charge on any atom is 0.254 e. The smallest absolute Gasteiger partial charge is 0.254 e. The summed E-state index contributed by atoms with van der Waals surface area (Å²) in [6, 6.07) is 20.7. The van der Waals surface area contributed by atoms with Gasteiger partial charge in [0, 0.05) is 21.9 Å². The van der Waals surface area contributed by atoms with Crippen molar-refractivity contribution in [3.8, 4) is 34.2 Å². The molecule has 3 aromatic heterocycles. The highest BCUT2D eigenvalue weighted by molar-refractivity contribution is 6.13. The van der Waals surface area contributed by atoms with Gasteiger partial charge in [-0.25, -0.2) is 4.39 Å². The summed E-state index contributed by atoms with van der Waals surface area (Å²) >= 11 is 0. The molecule has 6 rings (SSSR count). The van der Waals surface area contributed by atoms with Crippen LogP contribution < -0.4 is 31.0 Å². The molecule has 6 aromatic rings. The minimum atomic E-state index is -0.287. The Morgan fingerprint density at radius 3 is 2.19 bits per heavy atom. The number of rotatable bonds is 5. The van der Waals surface area contributed by atoms with Crippen LogP contribution in [0.1, 0.15) is 0 Å². The summed E-state index contributed by atoms with van der Waals surface area (Å²) < 4.78 is 34.7. The summed E-state index contributed by atoms with van der Waals surface area (Å²) in [6.45, 7) is 0. The Hall–Kier alpha value is -4.23. The van der Waals surface area contributed by atoms with Crippen LogP contribution in [0.4, 0.5) is 4.39 Å². The lowest BCUT2D eigenvalue weighted by molar-refractivity contribution is -0.510. The molecule has 36 heavy (non-hydrogen) atoms. The zero-order valence-corrected chi connectivity index (χ0v) is 20.6. The SMILES string of the molecule is COc1cc(-c2c3c4[nH]c5ccccc5c4cc[n+]3cn2-c2ccc(F)cc2)cc(OC)c1OC.[Cl-]. The number of H-pyrrole nitrogens is 1. The lowest BCUT2D eigenvalue weighted by Gasteiger charge is -2.13. The molecule has 0 aliphatic heterocycles. The number of aromatic amines is 1. The molecular formula is C28H23ClFN3O3. The molecule has 3 heterocycles. The lowest BCUT2D eigenvalue weighted by Crippen LogP contribution is -3.00. The van der Waals surface area contributed by atoms with Gasteiger partial charge in [-0.05, 0) is 48.5 Å². The van der Waals surface area contributed by atoms with Gasteiger partial charge in [0.15, 0.2) is 17.2 Å². The molecule has 182 valence electrons. The van der Waals surface area contributed by atoms with Crippen LogP contribution in [0.3, 0.4) is 0 Å². The number of methoxy groups -OCH3 is 3. The first-order valence-corrected chi connectivity index (χ1v) is 11.1. The van der Waals surface area contributed by atoms with Gasteiger partial charge in [-0.3, -0.25) is 0 Å². The van der Waals surface area contributed by atoms with E-state index < -0.39 is 0 Å². The molecule has 0 bridgehead atoms. The van der Waals surface area contributed by atoms with Crippen LogP contribution in [-0.4, -0.2) is 30.9 Å². The second-order valence-corrected chi connectivity index (χ2v) is 8.26. The first-order valence-electron chi connectivity index (χ1n) is 11.1. The molecule has 0 spiro atoms. The Morgan fingerprint density at radius 1 is 0.833 bits per heavy atom. The number of nitrogens with zero attached hydrogens (tertiary/aromatic N) is 2. The minimum absolute atomic E-state index is 0. The fourth-order valence-corrected chi connectivity index (χ4v) is 4.81. The average Bonchev–Trinajstić information content (AvgIpc) is 3.47. The topological polar surface area (TPSA) is 52.5 Å². The van der Waals surface area contributed by atoms with Gasteiger partial charge < -0.3 is 31.6 Å². The van der Waals surface area contributed by atoms with Crippen molar-refractivity contribution < 1.29 is 35.4 Å². The summed E-state index contributed by atoms with van der Waals surface area (Å²) in [6.07, 6.45) is 4.03. The van der Waals surface area contributed by atoms with Crippen LogP contribution in [0.25, 0.3) is 44.3 Å². The molecule has 0 radical (unpaired) electrons. The third-order valence-corrected chi connectivity index (χ3v) is 6.39. The summed E-state index contributed by atoms with van der Waals surface area (Å²) in [4.78, 5) is 3.60. The van der Waals surface area contributed by atoms with Gasteiger partial charge >= 0.3 is 0 Å². The molecule has 0 aliphatic rings. The number of para-hydroxylation sites is 1. The van der Waals surface area contributed by atoms with Gasteiger partial charge in [0.1, 0.15) is 11.5 Å². The van der Waals surface area contributed by atoms with Crippen molar-refractivity contribution in [2.75, 3.05) is 21.3 Å². The van der Waals surface area contributed by atoms with Crippen molar-refractivity contribution in [3.63, 3.8) is 0 Å². The van der Waals surface area contributed by atoms with Crippen LogP contribution in [-0.2, 0) is 0 Å². The number of pyridine rings is 1. The number of halogens is 2. The monoisotopic (exact) mass is 503 g/mol. The van der Waals surface area contributed by atoms with Crippen molar-refractivity contribution in [2.45, 2.75) is 0 Å². The standard InChI is InChI=1S/C28H23FN3O3.ClH/c1-33-23-14-17(15-24(34-2)28(23)35-3)26-27-25-21(20-6-4-5-7-22(20)30-25)12-13-31(27)16-32(26)19-10-8-18(29)9-11-19;/h4-16,30H,1-3H3;1H/q+1;/p-1. The summed E-state index contributed by atoms with van der Waals surface area (Å²) in [5, 5.41) is 2.27. The molecule has 0 atom stereocenters. The van der Waals surface area contributed by atoms with E-state index in [-0.39, 0.29) is 18.2 Å². The quantitative estimate of drug-likeness (QED) is 0.368. The van der Waals surface area contributed by atoms with Crippen molar-refractivity contribution in [1.82, 2.24) is 9.55 Å². The number of benzene rings is 3. The molecule has 0 aliphatic carbocycles. The molecule has 8 heteroatoms. The van der Waals surface area contributed by atoms with E-state index in [1.54, 1.807) is 33.5 Å². The average molecular weight is 504 g/mol. The fraction of sp³-hybridized carbons (Fsp3) is 0.107. The van der Waals surface area contributed by atoms with Crippen molar-refractivity contribution in [3.05, 3.63) is 85.1 Å².